The van der Waals surface area contributed by atoms with E-state index in [1.54, 1.807) is 4.90 Å². The summed E-state index contributed by atoms with van der Waals surface area (Å²) in [5.74, 6) is -0.177. The van der Waals surface area contributed by atoms with Gasteiger partial charge in [0.2, 0.25) is 21.8 Å². The predicted molar refractivity (Wildman–Crippen MR) is 106 cm³/mol. The maximum Gasteiger partial charge on any atom is 0.246 e. The van der Waals surface area contributed by atoms with Gasteiger partial charge in [-0.2, -0.15) is 4.72 Å². The molecule has 1 aromatic heterocycles. The number of amides is 2. The standard InChI is InChI=1S/C19H24N4O5S/c1-12-18(14(3)28-21-12)29(26,27)22-13(2)19(25)20-11-15-6-8-16(9-7-15)23-10-4-5-17(23)24/h6-9,13,22H,4-5,10-11H2,1-3H3,(H,20,25)/t13-/m0/s1. The number of carbonyl (C=O) groups is 2. The number of rotatable bonds is 7. The van der Waals surface area contributed by atoms with Crippen molar-refractivity contribution in [2.45, 2.75) is 51.1 Å². The van der Waals surface area contributed by atoms with Gasteiger partial charge in [0, 0.05) is 25.2 Å². The van der Waals surface area contributed by atoms with Crippen molar-refractivity contribution in [2.75, 3.05) is 11.4 Å². The average Bonchev–Trinajstić information content (AvgIpc) is 3.25. The van der Waals surface area contributed by atoms with Crippen LogP contribution in [0.5, 0.6) is 0 Å². The number of carbonyl (C=O) groups excluding carboxylic acids is 2. The molecule has 2 amide bonds. The second-order valence-corrected chi connectivity index (χ2v) is 8.68. The monoisotopic (exact) mass is 420 g/mol. The Morgan fingerprint density at radius 1 is 1.28 bits per heavy atom. The van der Waals surface area contributed by atoms with Crippen molar-refractivity contribution in [2.24, 2.45) is 0 Å². The molecule has 2 aromatic rings. The molecule has 0 spiro atoms. The minimum Gasteiger partial charge on any atom is -0.360 e. The van der Waals surface area contributed by atoms with E-state index >= 15 is 0 Å². The molecule has 2 N–H and O–H groups in total. The fourth-order valence-electron chi connectivity index (χ4n) is 3.26. The molecule has 29 heavy (non-hydrogen) atoms. The van der Waals surface area contributed by atoms with Gasteiger partial charge in [-0.3, -0.25) is 9.59 Å². The molecule has 3 rings (SSSR count). The summed E-state index contributed by atoms with van der Waals surface area (Å²) in [6.45, 7) is 5.45. The van der Waals surface area contributed by atoms with Crippen LogP contribution in [0.25, 0.3) is 0 Å². The predicted octanol–water partition coefficient (Wildman–Crippen LogP) is 1.40. The molecule has 0 aliphatic carbocycles. The summed E-state index contributed by atoms with van der Waals surface area (Å²) >= 11 is 0. The number of hydrogen-bond donors (Lipinski definition) is 2. The zero-order chi connectivity index (χ0) is 21.2. The highest BCUT2D eigenvalue weighted by molar-refractivity contribution is 7.89. The molecule has 9 nitrogen and oxygen atoms in total. The van der Waals surface area contributed by atoms with Crippen molar-refractivity contribution in [3.05, 3.63) is 41.3 Å². The zero-order valence-corrected chi connectivity index (χ0v) is 17.4. The second kappa shape index (κ2) is 8.34. The number of anilines is 1. The molecule has 1 aromatic carbocycles. The van der Waals surface area contributed by atoms with Gasteiger partial charge in [-0.1, -0.05) is 17.3 Å². The maximum atomic E-state index is 12.5. The lowest BCUT2D eigenvalue weighted by atomic mass is 10.2. The summed E-state index contributed by atoms with van der Waals surface area (Å²) in [5.41, 5.74) is 1.91. The van der Waals surface area contributed by atoms with E-state index in [0.29, 0.717) is 6.42 Å². The summed E-state index contributed by atoms with van der Waals surface area (Å²) < 4.78 is 32.2. The van der Waals surface area contributed by atoms with Crippen LogP contribution in [-0.2, 0) is 26.2 Å². The SMILES string of the molecule is Cc1noc(C)c1S(=O)(=O)N[C@@H](C)C(=O)NCc1ccc(N2CCCC2=O)cc1. The molecule has 0 bridgehead atoms. The highest BCUT2D eigenvalue weighted by Gasteiger charge is 2.28. The fraction of sp³-hybridized carbons (Fsp3) is 0.421. The van der Waals surface area contributed by atoms with Crippen molar-refractivity contribution in [1.29, 1.82) is 0 Å². The molecule has 1 aliphatic rings. The third-order valence-electron chi connectivity index (χ3n) is 4.75. The highest BCUT2D eigenvalue weighted by Crippen LogP contribution is 2.22. The number of nitrogens with zero attached hydrogens (tertiary/aromatic N) is 2. The first kappa shape index (κ1) is 21.0. The topological polar surface area (TPSA) is 122 Å². The number of aromatic nitrogens is 1. The first-order valence-corrected chi connectivity index (χ1v) is 10.8. The van der Waals surface area contributed by atoms with Gasteiger partial charge >= 0.3 is 0 Å². The van der Waals surface area contributed by atoms with Crippen LogP contribution >= 0.6 is 0 Å². The molecule has 1 fully saturated rings. The third kappa shape index (κ3) is 4.65. The van der Waals surface area contributed by atoms with Crippen LogP contribution in [0.3, 0.4) is 0 Å². The first-order valence-electron chi connectivity index (χ1n) is 9.31. The molecule has 1 saturated heterocycles. The van der Waals surface area contributed by atoms with E-state index in [9.17, 15) is 18.0 Å². The number of sulfonamides is 1. The van der Waals surface area contributed by atoms with E-state index in [1.807, 2.05) is 24.3 Å². The van der Waals surface area contributed by atoms with E-state index in [-0.39, 0.29) is 28.8 Å². The van der Waals surface area contributed by atoms with E-state index in [1.165, 1.54) is 20.8 Å². The second-order valence-electron chi connectivity index (χ2n) is 7.03. The third-order valence-corrected chi connectivity index (χ3v) is 6.53. The Balaban J connectivity index is 1.57. The lowest BCUT2D eigenvalue weighted by Crippen LogP contribution is -2.44. The van der Waals surface area contributed by atoms with Crippen molar-refractivity contribution in [1.82, 2.24) is 15.2 Å². The first-order chi connectivity index (χ1) is 13.7. The Labute approximate surface area is 169 Å². The molecule has 156 valence electrons. The van der Waals surface area contributed by atoms with Gasteiger partial charge in [0.15, 0.2) is 5.76 Å². The number of hydrogen-bond acceptors (Lipinski definition) is 6. The Kier molecular flexibility index (Phi) is 6.04. The van der Waals surface area contributed by atoms with E-state index in [0.717, 1.165) is 24.2 Å². The molecule has 10 heteroatoms. The van der Waals surface area contributed by atoms with E-state index in [2.05, 4.69) is 15.2 Å². The van der Waals surface area contributed by atoms with Gasteiger partial charge in [-0.15, -0.1) is 0 Å². The number of benzene rings is 1. The molecule has 1 atom stereocenters. The molecule has 2 heterocycles. The maximum absolute atomic E-state index is 12.5. The van der Waals surface area contributed by atoms with Crippen LogP contribution in [-0.4, -0.2) is 38.0 Å². The van der Waals surface area contributed by atoms with Crippen LogP contribution in [0, 0.1) is 13.8 Å². The zero-order valence-electron chi connectivity index (χ0n) is 16.6. The average molecular weight is 420 g/mol. The quantitative estimate of drug-likeness (QED) is 0.698. The van der Waals surface area contributed by atoms with Gasteiger partial charge in [-0.25, -0.2) is 8.42 Å². The highest BCUT2D eigenvalue weighted by atomic mass is 32.2. The van der Waals surface area contributed by atoms with Gasteiger partial charge in [0.1, 0.15) is 10.6 Å². The lowest BCUT2D eigenvalue weighted by molar-refractivity contribution is -0.122. The molecular weight excluding hydrogens is 396 g/mol. The summed E-state index contributed by atoms with van der Waals surface area (Å²) in [7, 11) is -3.93. The van der Waals surface area contributed by atoms with Gasteiger partial charge in [0.25, 0.3) is 0 Å². The molecule has 0 radical (unpaired) electrons. The van der Waals surface area contributed by atoms with Crippen LogP contribution in [0.4, 0.5) is 5.69 Å². The van der Waals surface area contributed by atoms with E-state index in [4.69, 9.17) is 4.52 Å². The van der Waals surface area contributed by atoms with Crippen molar-refractivity contribution in [3.63, 3.8) is 0 Å². The van der Waals surface area contributed by atoms with Crippen LogP contribution in [0.15, 0.2) is 33.7 Å². The minimum atomic E-state index is -3.93. The van der Waals surface area contributed by atoms with Crippen molar-refractivity contribution >= 4 is 27.5 Å². The van der Waals surface area contributed by atoms with Gasteiger partial charge in [0.05, 0.1) is 6.04 Å². The van der Waals surface area contributed by atoms with Gasteiger partial charge in [-0.05, 0) is 44.9 Å². The molecule has 0 unspecified atom stereocenters. The van der Waals surface area contributed by atoms with Gasteiger partial charge < -0.3 is 14.7 Å². The number of nitrogens with one attached hydrogen (secondary N) is 2. The smallest absolute Gasteiger partial charge is 0.246 e. The van der Waals surface area contributed by atoms with Crippen molar-refractivity contribution < 1.29 is 22.5 Å². The minimum absolute atomic E-state index is 0.0517. The normalized spacial score (nSPS) is 15.6. The van der Waals surface area contributed by atoms with Crippen LogP contribution < -0.4 is 14.9 Å². The summed E-state index contributed by atoms with van der Waals surface area (Å²) in [6.07, 6.45) is 1.43. The summed E-state index contributed by atoms with van der Waals surface area (Å²) in [4.78, 5) is 25.8. The van der Waals surface area contributed by atoms with Crippen LogP contribution in [0.2, 0.25) is 0 Å². The lowest BCUT2D eigenvalue weighted by Gasteiger charge is -2.17. The van der Waals surface area contributed by atoms with E-state index < -0.39 is 22.0 Å². The number of aryl methyl sites for hydroxylation is 2. The molecule has 1 aliphatic heterocycles. The largest absolute Gasteiger partial charge is 0.360 e. The Hall–Kier alpha value is -2.72. The Bertz CT molecular complexity index is 994. The Morgan fingerprint density at radius 3 is 2.52 bits per heavy atom. The summed E-state index contributed by atoms with van der Waals surface area (Å²) in [5, 5.41) is 6.34. The molecular formula is C19H24N4O5S. The molecule has 0 saturated carbocycles. The Morgan fingerprint density at radius 2 is 1.97 bits per heavy atom. The van der Waals surface area contributed by atoms with Crippen molar-refractivity contribution in [3.8, 4) is 0 Å². The summed E-state index contributed by atoms with van der Waals surface area (Å²) in [6, 6.07) is 6.37. The fourth-order valence-corrected chi connectivity index (χ4v) is 4.79. The van der Waals surface area contributed by atoms with Crippen LogP contribution in [0.1, 0.15) is 36.8 Å².